The number of aryl methyl sites for hydroxylation is 3. The Hall–Kier alpha value is -3.60. The number of ether oxygens (including phenoxy) is 1. The zero-order valence-corrected chi connectivity index (χ0v) is 18.1. The Labute approximate surface area is 183 Å². The molecule has 2 amide bonds. The largest absolute Gasteiger partial charge is 0.480 e. The third-order valence-electron chi connectivity index (χ3n) is 4.99. The molecule has 5 nitrogen and oxygen atoms in total. The second-order valence-corrected chi connectivity index (χ2v) is 7.58. The van der Waals surface area contributed by atoms with E-state index in [4.69, 9.17) is 4.74 Å². The number of hydrogen-bond acceptors (Lipinski definition) is 3. The van der Waals surface area contributed by atoms with Crippen LogP contribution in [0.25, 0.3) is 0 Å². The molecule has 3 aromatic rings. The number of hydrogen-bond donors (Lipinski definition) is 2. The lowest BCUT2D eigenvalue weighted by molar-refractivity contribution is -0.122. The fourth-order valence-electron chi connectivity index (χ4n) is 3.22. The highest BCUT2D eigenvalue weighted by atomic mass is 16.5. The van der Waals surface area contributed by atoms with E-state index in [0.29, 0.717) is 24.2 Å². The molecule has 0 aliphatic rings. The Morgan fingerprint density at radius 3 is 2.00 bits per heavy atom. The van der Waals surface area contributed by atoms with Gasteiger partial charge in [0.1, 0.15) is 5.75 Å². The highest BCUT2D eigenvalue weighted by molar-refractivity contribution is 5.95. The van der Waals surface area contributed by atoms with Crippen LogP contribution < -0.4 is 15.4 Å². The molecule has 0 aliphatic carbocycles. The van der Waals surface area contributed by atoms with Crippen molar-refractivity contribution in [1.29, 1.82) is 0 Å². The Kier molecular flexibility index (Phi) is 7.44. The quantitative estimate of drug-likeness (QED) is 0.525. The van der Waals surface area contributed by atoms with Gasteiger partial charge in [-0.1, -0.05) is 48.5 Å². The van der Waals surface area contributed by atoms with E-state index in [1.165, 1.54) is 0 Å². The van der Waals surface area contributed by atoms with Crippen molar-refractivity contribution in [3.05, 3.63) is 89.5 Å². The number of para-hydroxylation sites is 1. The summed E-state index contributed by atoms with van der Waals surface area (Å²) in [6.07, 6.45) is 0.464. The molecule has 5 heteroatoms. The van der Waals surface area contributed by atoms with Crippen molar-refractivity contribution in [3.8, 4) is 5.75 Å². The molecule has 1 atom stereocenters. The van der Waals surface area contributed by atoms with Gasteiger partial charge in [-0.2, -0.15) is 0 Å². The maximum Gasteiger partial charge on any atom is 0.265 e. The first kappa shape index (κ1) is 22.1. The Morgan fingerprint density at radius 1 is 0.806 bits per heavy atom. The van der Waals surface area contributed by atoms with Crippen molar-refractivity contribution in [2.45, 2.75) is 39.7 Å². The highest BCUT2D eigenvalue weighted by Gasteiger charge is 2.17. The van der Waals surface area contributed by atoms with Crippen LogP contribution in [0.3, 0.4) is 0 Å². The van der Waals surface area contributed by atoms with Gasteiger partial charge in [0.2, 0.25) is 5.91 Å². The van der Waals surface area contributed by atoms with Gasteiger partial charge >= 0.3 is 0 Å². The molecule has 160 valence electrons. The minimum atomic E-state index is -0.642. The van der Waals surface area contributed by atoms with Crippen LogP contribution in [0.2, 0.25) is 0 Å². The first-order chi connectivity index (χ1) is 14.9. The minimum absolute atomic E-state index is 0.0451. The fourth-order valence-corrected chi connectivity index (χ4v) is 3.22. The van der Waals surface area contributed by atoms with E-state index in [1.807, 2.05) is 62.4 Å². The van der Waals surface area contributed by atoms with Crippen LogP contribution in [0.1, 0.15) is 30.0 Å². The van der Waals surface area contributed by atoms with Gasteiger partial charge in [-0.05, 0) is 68.1 Å². The minimum Gasteiger partial charge on any atom is -0.480 e. The van der Waals surface area contributed by atoms with Gasteiger partial charge in [0.05, 0.1) is 0 Å². The first-order valence-electron chi connectivity index (χ1n) is 10.4. The molecule has 1 unspecified atom stereocenters. The summed E-state index contributed by atoms with van der Waals surface area (Å²) in [6, 6.07) is 22.9. The van der Waals surface area contributed by atoms with Crippen molar-refractivity contribution in [3.63, 3.8) is 0 Å². The van der Waals surface area contributed by atoms with E-state index in [2.05, 4.69) is 10.6 Å². The fraction of sp³-hybridized carbons (Fsp3) is 0.231. The van der Waals surface area contributed by atoms with Crippen LogP contribution in [0.15, 0.2) is 72.8 Å². The van der Waals surface area contributed by atoms with Gasteiger partial charge in [0.25, 0.3) is 5.91 Å². The third-order valence-corrected chi connectivity index (χ3v) is 4.99. The van der Waals surface area contributed by atoms with Gasteiger partial charge in [-0.25, -0.2) is 0 Å². The molecular weight excluding hydrogens is 388 g/mol. The lowest BCUT2D eigenvalue weighted by Gasteiger charge is -2.18. The molecule has 0 aliphatic heterocycles. The maximum atomic E-state index is 12.5. The standard InChI is InChI=1S/C26H28N2O3/c1-18-8-7-9-19(2)25(18)31-20(3)26(30)28-23-15-13-22(14-16-23)27-24(29)17-12-21-10-5-4-6-11-21/h4-11,13-16,20H,12,17H2,1-3H3,(H,27,29)(H,28,30). The molecule has 2 N–H and O–H groups in total. The number of rotatable bonds is 8. The van der Waals surface area contributed by atoms with Crippen molar-refractivity contribution >= 4 is 23.2 Å². The predicted octanol–water partition coefficient (Wildman–Crippen LogP) is 5.28. The molecule has 0 heterocycles. The summed E-state index contributed by atoms with van der Waals surface area (Å²) in [5.41, 5.74) is 4.45. The molecule has 3 rings (SSSR count). The smallest absolute Gasteiger partial charge is 0.265 e. The summed E-state index contributed by atoms with van der Waals surface area (Å²) in [5.74, 6) is 0.456. The molecule has 0 spiro atoms. The Bertz CT molecular complexity index is 1010. The number of anilines is 2. The van der Waals surface area contributed by atoms with Crippen molar-refractivity contribution in [2.24, 2.45) is 0 Å². The van der Waals surface area contributed by atoms with E-state index in [-0.39, 0.29) is 11.8 Å². The van der Waals surface area contributed by atoms with Gasteiger partial charge in [-0.15, -0.1) is 0 Å². The zero-order valence-electron chi connectivity index (χ0n) is 18.1. The summed E-state index contributed by atoms with van der Waals surface area (Å²) in [7, 11) is 0. The average molecular weight is 417 g/mol. The number of carbonyl (C=O) groups excluding carboxylic acids is 2. The van der Waals surface area contributed by atoms with E-state index in [0.717, 1.165) is 22.4 Å². The van der Waals surface area contributed by atoms with Crippen LogP contribution in [0.4, 0.5) is 11.4 Å². The van der Waals surface area contributed by atoms with E-state index < -0.39 is 6.10 Å². The summed E-state index contributed by atoms with van der Waals surface area (Å²) in [4.78, 5) is 24.7. The SMILES string of the molecule is Cc1cccc(C)c1OC(C)C(=O)Nc1ccc(NC(=O)CCc2ccccc2)cc1. The van der Waals surface area contributed by atoms with Gasteiger partial charge < -0.3 is 15.4 Å². The van der Waals surface area contributed by atoms with Gasteiger partial charge in [0.15, 0.2) is 6.10 Å². The summed E-state index contributed by atoms with van der Waals surface area (Å²) in [6.45, 7) is 5.64. The third kappa shape index (κ3) is 6.44. The molecule has 0 saturated heterocycles. The van der Waals surface area contributed by atoms with Crippen molar-refractivity contribution in [2.75, 3.05) is 10.6 Å². The maximum absolute atomic E-state index is 12.5. The predicted molar refractivity (Wildman–Crippen MR) is 124 cm³/mol. The highest BCUT2D eigenvalue weighted by Crippen LogP contribution is 2.24. The molecule has 31 heavy (non-hydrogen) atoms. The zero-order chi connectivity index (χ0) is 22.2. The number of benzene rings is 3. The molecule has 0 aromatic heterocycles. The molecule has 0 radical (unpaired) electrons. The molecule has 0 saturated carbocycles. The van der Waals surface area contributed by atoms with Crippen molar-refractivity contribution in [1.82, 2.24) is 0 Å². The van der Waals surface area contributed by atoms with Crippen molar-refractivity contribution < 1.29 is 14.3 Å². The lowest BCUT2D eigenvalue weighted by Crippen LogP contribution is -2.30. The van der Waals surface area contributed by atoms with Crippen LogP contribution in [-0.4, -0.2) is 17.9 Å². The average Bonchev–Trinajstić information content (AvgIpc) is 2.77. The van der Waals surface area contributed by atoms with Gasteiger partial charge in [-0.3, -0.25) is 9.59 Å². The van der Waals surface area contributed by atoms with Crippen LogP contribution >= 0.6 is 0 Å². The van der Waals surface area contributed by atoms with Crippen LogP contribution in [0.5, 0.6) is 5.75 Å². The second-order valence-electron chi connectivity index (χ2n) is 7.58. The second kappa shape index (κ2) is 10.4. The van der Waals surface area contributed by atoms with E-state index >= 15 is 0 Å². The van der Waals surface area contributed by atoms with E-state index in [1.54, 1.807) is 31.2 Å². The molecule has 0 bridgehead atoms. The monoisotopic (exact) mass is 416 g/mol. The summed E-state index contributed by atoms with van der Waals surface area (Å²) >= 11 is 0. The lowest BCUT2D eigenvalue weighted by atomic mass is 10.1. The normalized spacial score (nSPS) is 11.5. The Balaban J connectivity index is 1.50. The number of nitrogens with one attached hydrogen (secondary N) is 2. The summed E-state index contributed by atoms with van der Waals surface area (Å²) in [5, 5.41) is 5.74. The van der Waals surface area contributed by atoms with Crippen LogP contribution in [-0.2, 0) is 16.0 Å². The number of amides is 2. The topological polar surface area (TPSA) is 67.4 Å². The molecule has 3 aromatic carbocycles. The Morgan fingerprint density at radius 2 is 1.39 bits per heavy atom. The van der Waals surface area contributed by atoms with Crippen LogP contribution in [0, 0.1) is 13.8 Å². The number of carbonyl (C=O) groups is 2. The molecular formula is C26H28N2O3. The summed E-state index contributed by atoms with van der Waals surface area (Å²) < 4.78 is 5.88. The first-order valence-corrected chi connectivity index (χ1v) is 10.4. The van der Waals surface area contributed by atoms with E-state index in [9.17, 15) is 9.59 Å². The van der Waals surface area contributed by atoms with Gasteiger partial charge in [0, 0.05) is 17.8 Å². The molecule has 0 fully saturated rings.